The van der Waals surface area contributed by atoms with Gasteiger partial charge in [0, 0.05) is 24.4 Å². The maximum absolute atomic E-state index is 13.7. The molecule has 1 aliphatic carbocycles. The van der Waals surface area contributed by atoms with Crippen molar-refractivity contribution >= 4 is 0 Å². The molecule has 2 N–H and O–H groups in total. The van der Waals surface area contributed by atoms with Crippen molar-refractivity contribution in [2.45, 2.75) is 43.7 Å². The number of pyridine rings is 1. The summed E-state index contributed by atoms with van der Waals surface area (Å²) in [5.74, 6) is 0.0232. The number of hydrogen-bond acceptors (Lipinski definition) is 3. The second-order valence-corrected chi connectivity index (χ2v) is 5.56. The summed E-state index contributed by atoms with van der Waals surface area (Å²) >= 11 is 0. The Hall–Kier alpha value is -1.00. The standard InChI is InChI=1S/C14H19FN2O/c15-12-9-17-6-2-11(12)13(16)10-3-7-18-14(8-10)4-1-5-14/h2,6,9-10,13H,1,3-5,7-8,16H2. The molecule has 2 aliphatic rings. The second kappa shape index (κ2) is 4.59. The van der Waals surface area contributed by atoms with Gasteiger partial charge in [-0.1, -0.05) is 0 Å². The van der Waals surface area contributed by atoms with Gasteiger partial charge in [-0.3, -0.25) is 4.98 Å². The lowest BCUT2D eigenvalue weighted by atomic mass is 9.70. The normalized spacial score (nSPS) is 27.8. The summed E-state index contributed by atoms with van der Waals surface area (Å²) in [6.07, 6.45) is 8.25. The summed E-state index contributed by atoms with van der Waals surface area (Å²) in [6, 6.07) is 1.46. The predicted molar refractivity (Wildman–Crippen MR) is 66.4 cm³/mol. The molecule has 98 valence electrons. The monoisotopic (exact) mass is 250 g/mol. The molecule has 0 radical (unpaired) electrons. The van der Waals surface area contributed by atoms with E-state index >= 15 is 0 Å². The summed E-state index contributed by atoms with van der Waals surface area (Å²) in [5.41, 5.74) is 6.90. The van der Waals surface area contributed by atoms with E-state index in [1.54, 1.807) is 12.3 Å². The second-order valence-electron chi connectivity index (χ2n) is 5.56. The van der Waals surface area contributed by atoms with Crippen LogP contribution in [0.2, 0.25) is 0 Å². The first-order valence-corrected chi connectivity index (χ1v) is 6.69. The average molecular weight is 250 g/mol. The quantitative estimate of drug-likeness (QED) is 0.877. The lowest BCUT2D eigenvalue weighted by Gasteiger charge is -2.48. The minimum Gasteiger partial charge on any atom is -0.375 e. The van der Waals surface area contributed by atoms with Gasteiger partial charge in [-0.2, -0.15) is 0 Å². The lowest BCUT2D eigenvalue weighted by Crippen LogP contribution is -2.47. The Morgan fingerprint density at radius 3 is 3.00 bits per heavy atom. The number of ether oxygens (including phenoxy) is 1. The SMILES string of the molecule is NC(c1ccncc1F)C1CCOC2(CCC2)C1. The molecule has 1 saturated carbocycles. The molecule has 1 aliphatic heterocycles. The van der Waals surface area contributed by atoms with Gasteiger partial charge in [0.25, 0.3) is 0 Å². The predicted octanol–water partition coefficient (Wildman–Crippen LogP) is 2.57. The van der Waals surface area contributed by atoms with Crippen molar-refractivity contribution in [3.05, 3.63) is 29.8 Å². The fourth-order valence-corrected chi connectivity index (χ4v) is 3.20. The highest BCUT2D eigenvalue weighted by molar-refractivity contribution is 5.18. The van der Waals surface area contributed by atoms with E-state index in [0.717, 1.165) is 32.3 Å². The van der Waals surface area contributed by atoms with Crippen LogP contribution < -0.4 is 5.73 Å². The highest BCUT2D eigenvalue weighted by Crippen LogP contribution is 2.46. The molecule has 3 nitrogen and oxygen atoms in total. The van der Waals surface area contributed by atoms with Gasteiger partial charge in [-0.15, -0.1) is 0 Å². The van der Waals surface area contributed by atoms with Gasteiger partial charge in [0.05, 0.1) is 11.8 Å². The Bertz CT molecular complexity index is 434. The molecule has 18 heavy (non-hydrogen) atoms. The zero-order valence-corrected chi connectivity index (χ0v) is 10.4. The molecule has 3 rings (SSSR count). The van der Waals surface area contributed by atoms with Gasteiger partial charge in [0.1, 0.15) is 5.82 Å². The molecule has 0 amide bonds. The van der Waals surface area contributed by atoms with Crippen LogP contribution >= 0.6 is 0 Å². The van der Waals surface area contributed by atoms with Gasteiger partial charge in [-0.25, -0.2) is 4.39 Å². The first-order valence-electron chi connectivity index (χ1n) is 6.69. The van der Waals surface area contributed by atoms with Crippen LogP contribution in [-0.4, -0.2) is 17.2 Å². The van der Waals surface area contributed by atoms with E-state index in [1.807, 2.05) is 0 Å². The number of hydrogen-bond donors (Lipinski definition) is 1. The molecule has 1 aromatic rings. The van der Waals surface area contributed by atoms with Crippen LogP contribution in [-0.2, 0) is 4.74 Å². The van der Waals surface area contributed by atoms with Crippen molar-refractivity contribution in [3.63, 3.8) is 0 Å². The van der Waals surface area contributed by atoms with E-state index < -0.39 is 0 Å². The van der Waals surface area contributed by atoms with Crippen molar-refractivity contribution in [1.82, 2.24) is 4.98 Å². The average Bonchev–Trinajstić information content (AvgIpc) is 2.37. The third kappa shape index (κ3) is 2.04. The molecule has 2 atom stereocenters. The van der Waals surface area contributed by atoms with Gasteiger partial charge < -0.3 is 10.5 Å². The van der Waals surface area contributed by atoms with Crippen LogP contribution in [0.5, 0.6) is 0 Å². The molecular weight excluding hydrogens is 231 g/mol. The molecule has 2 heterocycles. The highest BCUT2D eigenvalue weighted by atomic mass is 19.1. The molecule has 1 saturated heterocycles. The van der Waals surface area contributed by atoms with Gasteiger partial charge in [-0.05, 0) is 44.1 Å². The Morgan fingerprint density at radius 2 is 2.33 bits per heavy atom. The Morgan fingerprint density at radius 1 is 1.50 bits per heavy atom. The van der Waals surface area contributed by atoms with E-state index in [1.165, 1.54) is 12.6 Å². The van der Waals surface area contributed by atoms with Crippen molar-refractivity contribution in [1.29, 1.82) is 0 Å². The zero-order chi connectivity index (χ0) is 12.6. The molecule has 4 heteroatoms. The minimum atomic E-state index is -0.292. The maximum Gasteiger partial charge on any atom is 0.146 e. The van der Waals surface area contributed by atoms with Crippen LogP contribution in [0.3, 0.4) is 0 Å². The molecule has 0 aromatic carbocycles. The Labute approximate surface area is 107 Å². The maximum atomic E-state index is 13.7. The topological polar surface area (TPSA) is 48.1 Å². The number of nitrogens with zero attached hydrogens (tertiary/aromatic N) is 1. The van der Waals surface area contributed by atoms with Crippen LogP contribution in [0.4, 0.5) is 4.39 Å². The highest BCUT2D eigenvalue weighted by Gasteiger charge is 2.44. The molecule has 0 bridgehead atoms. The van der Waals surface area contributed by atoms with Crippen molar-refractivity contribution < 1.29 is 9.13 Å². The van der Waals surface area contributed by atoms with E-state index in [9.17, 15) is 4.39 Å². The van der Waals surface area contributed by atoms with Crippen LogP contribution in [0.25, 0.3) is 0 Å². The van der Waals surface area contributed by atoms with Crippen molar-refractivity contribution in [3.8, 4) is 0 Å². The van der Waals surface area contributed by atoms with Crippen LogP contribution in [0.15, 0.2) is 18.5 Å². The number of rotatable bonds is 2. The van der Waals surface area contributed by atoms with Gasteiger partial charge in [0.15, 0.2) is 0 Å². The van der Waals surface area contributed by atoms with E-state index in [4.69, 9.17) is 10.5 Å². The Balaban J connectivity index is 1.76. The van der Waals surface area contributed by atoms with Gasteiger partial charge in [0.2, 0.25) is 0 Å². The largest absolute Gasteiger partial charge is 0.375 e. The molecule has 2 unspecified atom stereocenters. The summed E-state index contributed by atoms with van der Waals surface area (Å²) in [5, 5.41) is 0. The summed E-state index contributed by atoms with van der Waals surface area (Å²) in [7, 11) is 0. The lowest BCUT2D eigenvalue weighted by molar-refractivity contribution is -0.146. The molecule has 1 aromatic heterocycles. The van der Waals surface area contributed by atoms with Crippen LogP contribution in [0.1, 0.15) is 43.7 Å². The van der Waals surface area contributed by atoms with Crippen LogP contribution in [0, 0.1) is 11.7 Å². The molecular formula is C14H19FN2O. The Kier molecular flexibility index (Phi) is 3.08. The van der Waals surface area contributed by atoms with Crippen molar-refractivity contribution in [2.24, 2.45) is 11.7 Å². The number of aromatic nitrogens is 1. The fraction of sp³-hybridized carbons (Fsp3) is 0.643. The zero-order valence-electron chi connectivity index (χ0n) is 10.4. The van der Waals surface area contributed by atoms with E-state index in [-0.39, 0.29) is 17.5 Å². The van der Waals surface area contributed by atoms with E-state index in [2.05, 4.69) is 4.98 Å². The third-order valence-electron chi connectivity index (χ3n) is 4.47. The van der Waals surface area contributed by atoms with Crippen molar-refractivity contribution in [2.75, 3.05) is 6.61 Å². The smallest absolute Gasteiger partial charge is 0.146 e. The molecule has 2 fully saturated rings. The third-order valence-corrected chi connectivity index (χ3v) is 4.47. The first-order chi connectivity index (χ1) is 8.70. The van der Waals surface area contributed by atoms with Gasteiger partial charge >= 0.3 is 0 Å². The number of nitrogens with two attached hydrogens (primary N) is 1. The fourth-order valence-electron chi connectivity index (χ4n) is 3.20. The van der Waals surface area contributed by atoms with E-state index in [0.29, 0.717) is 11.5 Å². The number of halogens is 1. The minimum absolute atomic E-state index is 0.0596. The molecule has 1 spiro atoms. The summed E-state index contributed by atoms with van der Waals surface area (Å²) in [6.45, 7) is 0.755. The first kappa shape index (κ1) is 12.1. The summed E-state index contributed by atoms with van der Waals surface area (Å²) in [4.78, 5) is 3.77. The summed E-state index contributed by atoms with van der Waals surface area (Å²) < 4.78 is 19.6.